The van der Waals surface area contributed by atoms with Gasteiger partial charge in [0, 0.05) is 71.6 Å². The van der Waals surface area contributed by atoms with E-state index in [4.69, 9.17) is 28.2 Å². The number of aryl methyl sites for hydroxylation is 1. The maximum atomic E-state index is 13.2. The van der Waals surface area contributed by atoms with Crippen molar-refractivity contribution in [2.45, 2.75) is 6.92 Å². The van der Waals surface area contributed by atoms with Gasteiger partial charge in [0.25, 0.3) is 11.6 Å². The molecule has 1 aliphatic heterocycles. The molecule has 0 radical (unpaired) electrons. The lowest BCUT2D eigenvalue weighted by Gasteiger charge is -2.36. The van der Waals surface area contributed by atoms with E-state index < -0.39 is 10.5 Å². The van der Waals surface area contributed by atoms with Crippen molar-refractivity contribution in [3.8, 4) is 0 Å². The SMILES string of the molecule is Cc1cc(=O)oc2cc(NC(=S)N3CCN(C(=O)c4sc5cc([N+](=O)[O-])ccc5c4Cl)CC3)ccc12. The Kier molecular flexibility index (Phi) is 6.37. The topological polar surface area (TPSA) is 109 Å². The maximum absolute atomic E-state index is 13.2. The van der Waals surface area contributed by atoms with E-state index in [-0.39, 0.29) is 11.6 Å². The first-order chi connectivity index (χ1) is 17.2. The molecule has 5 rings (SSSR count). The van der Waals surface area contributed by atoms with Crippen molar-refractivity contribution < 1.29 is 14.1 Å². The molecule has 36 heavy (non-hydrogen) atoms. The van der Waals surface area contributed by atoms with Crippen LogP contribution in [-0.2, 0) is 0 Å². The Labute approximate surface area is 219 Å². The highest BCUT2D eigenvalue weighted by Gasteiger charge is 2.27. The first-order valence-electron chi connectivity index (χ1n) is 11.0. The number of carbonyl (C=O) groups is 1. The Bertz CT molecular complexity index is 1610. The molecule has 0 unspecified atom stereocenters. The Balaban J connectivity index is 1.25. The molecule has 3 heterocycles. The molecule has 184 valence electrons. The molecule has 1 N–H and O–H groups in total. The molecule has 0 spiro atoms. The van der Waals surface area contributed by atoms with Crippen LogP contribution in [0, 0.1) is 17.0 Å². The lowest BCUT2D eigenvalue weighted by atomic mass is 10.1. The minimum atomic E-state index is -0.473. The number of hydrogen-bond acceptors (Lipinski definition) is 7. The third kappa shape index (κ3) is 4.52. The van der Waals surface area contributed by atoms with Crippen molar-refractivity contribution in [3.63, 3.8) is 0 Å². The van der Waals surface area contributed by atoms with Crippen molar-refractivity contribution in [1.29, 1.82) is 0 Å². The van der Waals surface area contributed by atoms with Crippen LogP contribution < -0.4 is 10.9 Å². The standard InChI is InChI=1S/C24H19ClN4O5S2/c1-13-10-20(30)34-18-11-14(2-4-16(13)18)26-24(35)28-8-6-27(7-9-28)23(31)22-21(25)17-5-3-15(29(32)33)12-19(17)36-22/h2-5,10-12H,6-9H2,1H3,(H,26,35). The summed E-state index contributed by atoms with van der Waals surface area (Å²) in [5.74, 6) is -0.206. The van der Waals surface area contributed by atoms with E-state index in [0.29, 0.717) is 62.5 Å². The number of nitro benzene ring substituents is 1. The van der Waals surface area contributed by atoms with Gasteiger partial charge in [-0.15, -0.1) is 11.3 Å². The summed E-state index contributed by atoms with van der Waals surface area (Å²) >= 11 is 13.2. The van der Waals surface area contributed by atoms with Gasteiger partial charge < -0.3 is 19.5 Å². The number of halogens is 1. The Morgan fingerprint density at radius 1 is 1.11 bits per heavy atom. The molecule has 4 aromatic rings. The highest BCUT2D eigenvalue weighted by molar-refractivity contribution is 7.80. The number of thiophene rings is 1. The molecule has 1 saturated heterocycles. The molecule has 2 aromatic heterocycles. The number of nitro groups is 1. The number of nitrogens with one attached hydrogen (secondary N) is 1. The average molecular weight is 543 g/mol. The van der Waals surface area contributed by atoms with E-state index in [0.717, 1.165) is 22.3 Å². The van der Waals surface area contributed by atoms with E-state index in [9.17, 15) is 19.7 Å². The van der Waals surface area contributed by atoms with Crippen LogP contribution in [0.3, 0.4) is 0 Å². The molecule has 2 aromatic carbocycles. The van der Waals surface area contributed by atoms with E-state index >= 15 is 0 Å². The summed E-state index contributed by atoms with van der Waals surface area (Å²) in [7, 11) is 0. The van der Waals surface area contributed by atoms with Crippen molar-refractivity contribution in [3.05, 3.63) is 78.5 Å². The van der Waals surface area contributed by atoms with Crippen molar-refractivity contribution in [2.24, 2.45) is 0 Å². The number of rotatable bonds is 3. The van der Waals surface area contributed by atoms with Crippen LogP contribution in [0.5, 0.6) is 0 Å². The van der Waals surface area contributed by atoms with Gasteiger partial charge in [0.1, 0.15) is 10.5 Å². The number of fused-ring (bicyclic) bond motifs is 2. The van der Waals surface area contributed by atoms with Gasteiger partial charge in [-0.2, -0.15) is 0 Å². The zero-order valence-corrected chi connectivity index (χ0v) is 21.3. The fraction of sp³-hybridized carbons (Fsp3) is 0.208. The third-order valence-corrected chi connectivity index (χ3v) is 8.08. The lowest BCUT2D eigenvalue weighted by Crippen LogP contribution is -2.51. The second kappa shape index (κ2) is 9.49. The smallest absolute Gasteiger partial charge is 0.336 e. The van der Waals surface area contributed by atoms with Crippen molar-refractivity contribution in [2.75, 3.05) is 31.5 Å². The number of anilines is 1. The zero-order chi connectivity index (χ0) is 25.6. The molecule has 0 saturated carbocycles. The molecule has 1 amide bonds. The normalized spacial score (nSPS) is 13.8. The molecule has 9 nitrogen and oxygen atoms in total. The van der Waals surface area contributed by atoms with Crippen LogP contribution in [0.4, 0.5) is 11.4 Å². The fourth-order valence-corrected chi connectivity index (χ4v) is 5.98. The third-order valence-electron chi connectivity index (χ3n) is 6.07. The lowest BCUT2D eigenvalue weighted by molar-refractivity contribution is -0.384. The largest absolute Gasteiger partial charge is 0.423 e. The summed E-state index contributed by atoms with van der Waals surface area (Å²) in [5, 5.41) is 16.5. The Hall–Kier alpha value is -3.54. The molecule has 1 fully saturated rings. The summed E-state index contributed by atoms with van der Waals surface area (Å²) in [4.78, 5) is 39.5. The number of carbonyl (C=O) groups excluding carboxylic acids is 1. The molecule has 0 bridgehead atoms. The van der Waals surface area contributed by atoms with Gasteiger partial charge >= 0.3 is 5.63 Å². The zero-order valence-electron chi connectivity index (χ0n) is 18.9. The predicted molar refractivity (Wildman–Crippen MR) is 144 cm³/mol. The van der Waals surface area contributed by atoms with Crippen LogP contribution in [0.15, 0.2) is 51.7 Å². The summed E-state index contributed by atoms with van der Waals surface area (Å²) in [6.45, 7) is 3.78. The number of non-ortho nitro benzene ring substituents is 1. The number of nitrogens with zero attached hydrogens (tertiary/aromatic N) is 3. The predicted octanol–water partition coefficient (Wildman–Crippen LogP) is 5.03. The maximum Gasteiger partial charge on any atom is 0.336 e. The summed E-state index contributed by atoms with van der Waals surface area (Å²) in [6, 6.07) is 11.3. The number of hydrogen-bond donors (Lipinski definition) is 1. The van der Waals surface area contributed by atoms with Crippen LogP contribution in [0.25, 0.3) is 21.1 Å². The van der Waals surface area contributed by atoms with E-state index in [2.05, 4.69) is 5.32 Å². The van der Waals surface area contributed by atoms with Gasteiger partial charge in [-0.1, -0.05) is 11.6 Å². The monoisotopic (exact) mass is 542 g/mol. The minimum absolute atomic E-state index is 0.0438. The van der Waals surface area contributed by atoms with E-state index in [1.54, 1.807) is 17.0 Å². The Morgan fingerprint density at radius 3 is 2.53 bits per heavy atom. The highest BCUT2D eigenvalue weighted by atomic mass is 35.5. The van der Waals surface area contributed by atoms with Crippen LogP contribution in [0.1, 0.15) is 15.2 Å². The van der Waals surface area contributed by atoms with Gasteiger partial charge in [-0.25, -0.2) is 4.79 Å². The minimum Gasteiger partial charge on any atom is -0.423 e. The molecule has 0 aliphatic carbocycles. The van der Waals surface area contributed by atoms with Gasteiger partial charge in [0.15, 0.2) is 5.11 Å². The molecular formula is C24H19ClN4O5S2. The van der Waals surface area contributed by atoms with Gasteiger partial charge in [0.2, 0.25) is 0 Å². The van der Waals surface area contributed by atoms with E-state index in [1.165, 1.54) is 18.2 Å². The number of piperazine rings is 1. The second-order valence-corrected chi connectivity index (χ2v) is 10.2. The fourth-order valence-electron chi connectivity index (χ4n) is 4.17. The summed E-state index contributed by atoms with van der Waals surface area (Å²) < 4.78 is 5.90. The quantitative estimate of drug-likeness (QED) is 0.166. The highest BCUT2D eigenvalue weighted by Crippen LogP contribution is 2.38. The summed E-state index contributed by atoms with van der Waals surface area (Å²) in [6.07, 6.45) is 0. The first kappa shape index (κ1) is 24.2. The summed E-state index contributed by atoms with van der Waals surface area (Å²) in [5.41, 5.74) is 1.57. The van der Waals surface area contributed by atoms with Gasteiger partial charge in [0.05, 0.1) is 9.95 Å². The van der Waals surface area contributed by atoms with Gasteiger partial charge in [-0.3, -0.25) is 14.9 Å². The van der Waals surface area contributed by atoms with Crippen molar-refractivity contribution in [1.82, 2.24) is 9.80 Å². The number of amides is 1. The van der Waals surface area contributed by atoms with Gasteiger partial charge in [-0.05, 0) is 42.9 Å². The van der Waals surface area contributed by atoms with Crippen LogP contribution >= 0.6 is 35.2 Å². The van der Waals surface area contributed by atoms with Crippen LogP contribution in [-0.4, -0.2) is 51.9 Å². The van der Waals surface area contributed by atoms with Crippen molar-refractivity contribution >= 4 is 78.6 Å². The second-order valence-electron chi connectivity index (χ2n) is 8.35. The molecule has 0 atom stereocenters. The molecule has 12 heteroatoms. The number of thiocarbonyl (C=S) groups is 1. The average Bonchev–Trinajstić information content (AvgIpc) is 3.19. The van der Waals surface area contributed by atoms with E-state index in [1.807, 2.05) is 24.0 Å². The molecule has 1 aliphatic rings. The number of benzene rings is 2. The van der Waals surface area contributed by atoms with Crippen LogP contribution in [0.2, 0.25) is 5.02 Å². The first-order valence-corrected chi connectivity index (χ1v) is 12.6. The Morgan fingerprint density at radius 2 is 1.81 bits per heavy atom. The molecular weight excluding hydrogens is 524 g/mol.